The molecule has 1 rings (SSSR count). The Morgan fingerprint density at radius 2 is 2.00 bits per heavy atom. The van der Waals surface area contributed by atoms with Crippen LogP contribution in [-0.2, 0) is 9.53 Å². The van der Waals surface area contributed by atoms with Crippen molar-refractivity contribution >= 4 is 5.97 Å². The average molecular weight is 256 g/mol. The van der Waals surface area contributed by atoms with E-state index in [-0.39, 0.29) is 6.10 Å². The van der Waals surface area contributed by atoms with E-state index in [4.69, 9.17) is 4.74 Å². The molecule has 0 saturated carbocycles. The first kappa shape index (κ1) is 15.5. The molecule has 3 nitrogen and oxygen atoms in total. The van der Waals surface area contributed by atoms with Crippen molar-refractivity contribution in [1.82, 2.24) is 0 Å². The van der Waals surface area contributed by atoms with Crippen LogP contribution in [0.5, 0.6) is 0 Å². The lowest BCUT2D eigenvalue weighted by molar-refractivity contribution is -0.205. The lowest BCUT2D eigenvalue weighted by Gasteiger charge is -2.46. The van der Waals surface area contributed by atoms with Crippen LogP contribution in [0, 0.1) is 23.7 Å². The quantitative estimate of drug-likeness (QED) is 0.836. The van der Waals surface area contributed by atoms with Crippen LogP contribution in [-0.4, -0.2) is 22.8 Å². The number of carboxylic acid groups (broad SMARTS) is 1. The highest BCUT2D eigenvalue weighted by Gasteiger charge is 2.47. The van der Waals surface area contributed by atoms with Crippen molar-refractivity contribution in [1.29, 1.82) is 0 Å². The van der Waals surface area contributed by atoms with Crippen LogP contribution in [0.2, 0.25) is 0 Å². The lowest BCUT2D eigenvalue weighted by Crippen LogP contribution is -2.53. The molecule has 18 heavy (non-hydrogen) atoms. The number of hydrogen-bond donors (Lipinski definition) is 1. The Kier molecular flexibility index (Phi) is 4.82. The molecule has 0 amide bonds. The lowest BCUT2D eigenvalue weighted by atomic mass is 9.72. The fraction of sp³-hybridized carbons (Fsp3) is 0.933. The molecule has 0 spiro atoms. The Balaban J connectivity index is 2.92. The van der Waals surface area contributed by atoms with E-state index < -0.39 is 11.6 Å². The van der Waals surface area contributed by atoms with Gasteiger partial charge in [-0.05, 0) is 37.0 Å². The minimum absolute atomic E-state index is 0.0461. The van der Waals surface area contributed by atoms with E-state index in [2.05, 4.69) is 34.6 Å². The Hall–Kier alpha value is -0.570. The molecule has 1 N–H and O–H groups in total. The monoisotopic (exact) mass is 256 g/mol. The Morgan fingerprint density at radius 3 is 2.44 bits per heavy atom. The first-order chi connectivity index (χ1) is 8.23. The summed E-state index contributed by atoms with van der Waals surface area (Å²) in [5.74, 6) is 0.924. The molecule has 1 fully saturated rings. The third-order valence-electron chi connectivity index (χ3n) is 5.04. The number of rotatable bonds is 4. The normalized spacial score (nSPS) is 40.2. The van der Waals surface area contributed by atoms with Gasteiger partial charge in [-0.15, -0.1) is 0 Å². The maximum absolute atomic E-state index is 11.4. The summed E-state index contributed by atoms with van der Waals surface area (Å²) in [6.07, 6.45) is 1.75. The van der Waals surface area contributed by atoms with Gasteiger partial charge in [0.05, 0.1) is 6.10 Å². The van der Waals surface area contributed by atoms with Gasteiger partial charge in [0, 0.05) is 0 Å². The van der Waals surface area contributed by atoms with E-state index in [9.17, 15) is 9.90 Å². The van der Waals surface area contributed by atoms with Gasteiger partial charge in [0.2, 0.25) is 0 Å². The van der Waals surface area contributed by atoms with Crippen molar-refractivity contribution in [2.45, 2.75) is 66.1 Å². The molecule has 0 aromatic rings. The number of hydrogen-bond acceptors (Lipinski definition) is 2. The predicted molar refractivity (Wildman–Crippen MR) is 72.5 cm³/mol. The van der Waals surface area contributed by atoms with Crippen molar-refractivity contribution < 1.29 is 14.6 Å². The van der Waals surface area contributed by atoms with Gasteiger partial charge in [-0.25, -0.2) is 4.79 Å². The summed E-state index contributed by atoms with van der Waals surface area (Å²) in [5.41, 5.74) is -1.02. The maximum Gasteiger partial charge on any atom is 0.335 e. The van der Waals surface area contributed by atoms with Gasteiger partial charge in [-0.1, -0.05) is 41.0 Å². The summed E-state index contributed by atoms with van der Waals surface area (Å²) in [7, 11) is 0. The highest BCUT2D eigenvalue weighted by molar-refractivity contribution is 5.77. The van der Waals surface area contributed by atoms with Crippen molar-refractivity contribution in [3.8, 4) is 0 Å². The third kappa shape index (κ3) is 2.87. The molecule has 0 aliphatic carbocycles. The van der Waals surface area contributed by atoms with E-state index in [0.29, 0.717) is 30.1 Å². The predicted octanol–water partition coefficient (Wildman–Crippen LogP) is 3.57. The van der Waals surface area contributed by atoms with Crippen LogP contribution < -0.4 is 0 Å². The summed E-state index contributed by atoms with van der Waals surface area (Å²) in [5, 5.41) is 9.37. The standard InChI is InChI=1S/C15H28O3/c1-7-9(2)11(4)13-12(5)10(3)8-15(6,18-13)14(16)17/h9-13H,7-8H2,1-6H3,(H,16,17)/t9-,10?,11?,12?,13?,15?/m1/s1. The summed E-state index contributed by atoms with van der Waals surface area (Å²) >= 11 is 0. The average Bonchev–Trinajstić information content (AvgIpc) is 2.31. The second kappa shape index (κ2) is 5.60. The fourth-order valence-corrected chi connectivity index (χ4v) is 3.00. The zero-order chi connectivity index (χ0) is 14.1. The molecule has 6 atom stereocenters. The van der Waals surface area contributed by atoms with E-state index >= 15 is 0 Å². The highest BCUT2D eigenvalue weighted by Crippen LogP contribution is 2.41. The van der Waals surface area contributed by atoms with Crippen molar-refractivity contribution in [2.75, 3.05) is 0 Å². The van der Waals surface area contributed by atoms with Gasteiger partial charge in [0.1, 0.15) is 0 Å². The zero-order valence-electron chi connectivity index (χ0n) is 12.6. The van der Waals surface area contributed by atoms with Gasteiger partial charge in [-0.3, -0.25) is 0 Å². The fourth-order valence-electron chi connectivity index (χ4n) is 3.00. The van der Waals surface area contributed by atoms with Crippen molar-refractivity contribution in [2.24, 2.45) is 23.7 Å². The Bertz CT molecular complexity index is 302. The molecule has 1 aliphatic heterocycles. The Morgan fingerprint density at radius 1 is 1.44 bits per heavy atom. The maximum atomic E-state index is 11.4. The van der Waals surface area contributed by atoms with Crippen molar-refractivity contribution in [3.05, 3.63) is 0 Å². The van der Waals surface area contributed by atoms with Gasteiger partial charge in [-0.2, -0.15) is 0 Å². The third-order valence-corrected chi connectivity index (χ3v) is 5.04. The van der Waals surface area contributed by atoms with E-state index in [0.717, 1.165) is 6.42 Å². The largest absolute Gasteiger partial charge is 0.479 e. The number of carboxylic acids is 1. The smallest absolute Gasteiger partial charge is 0.335 e. The molecule has 0 bridgehead atoms. The van der Waals surface area contributed by atoms with Crippen LogP contribution in [0.4, 0.5) is 0 Å². The van der Waals surface area contributed by atoms with Crippen molar-refractivity contribution in [3.63, 3.8) is 0 Å². The molecule has 1 aliphatic rings. The molecule has 106 valence electrons. The number of ether oxygens (including phenoxy) is 1. The first-order valence-electron chi connectivity index (χ1n) is 7.14. The molecular weight excluding hydrogens is 228 g/mol. The minimum Gasteiger partial charge on any atom is -0.479 e. The van der Waals surface area contributed by atoms with Crippen LogP contribution in [0.25, 0.3) is 0 Å². The van der Waals surface area contributed by atoms with Gasteiger partial charge in [0.15, 0.2) is 5.60 Å². The van der Waals surface area contributed by atoms with E-state index in [1.54, 1.807) is 6.92 Å². The molecular formula is C15H28O3. The summed E-state index contributed by atoms with van der Waals surface area (Å²) < 4.78 is 6.00. The summed E-state index contributed by atoms with van der Waals surface area (Å²) in [6, 6.07) is 0. The number of carbonyl (C=O) groups is 1. The molecule has 0 aromatic carbocycles. The molecule has 0 radical (unpaired) electrons. The Labute approximate surface area is 111 Å². The van der Waals surface area contributed by atoms with Gasteiger partial charge < -0.3 is 9.84 Å². The van der Waals surface area contributed by atoms with Gasteiger partial charge >= 0.3 is 5.97 Å². The molecule has 3 heteroatoms. The minimum atomic E-state index is -1.02. The van der Waals surface area contributed by atoms with Crippen LogP contribution >= 0.6 is 0 Å². The van der Waals surface area contributed by atoms with Gasteiger partial charge in [0.25, 0.3) is 0 Å². The van der Waals surface area contributed by atoms with Crippen LogP contribution in [0.1, 0.15) is 54.4 Å². The van der Waals surface area contributed by atoms with Crippen LogP contribution in [0.15, 0.2) is 0 Å². The molecule has 0 aromatic heterocycles. The summed E-state index contributed by atoms with van der Waals surface area (Å²) in [6.45, 7) is 12.6. The molecule has 1 heterocycles. The second-order valence-corrected chi connectivity index (χ2v) is 6.40. The summed E-state index contributed by atoms with van der Waals surface area (Å²) in [4.78, 5) is 11.4. The van der Waals surface area contributed by atoms with E-state index in [1.807, 2.05) is 0 Å². The SMILES string of the molecule is CC[C@@H](C)C(C)C1OC(C)(C(=O)O)CC(C)C1C. The number of aliphatic carboxylic acids is 1. The van der Waals surface area contributed by atoms with Crippen LogP contribution in [0.3, 0.4) is 0 Å². The first-order valence-corrected chi connectivity index (χ1v) is 7.14. The second-order valence-electron chi connectivity index (χ2n) is 6.40. The topological polar surface area (TPSA) is 46.5 Å². The zero-order valence-corrected chi connectivity index (χ0v) is 12.6. The molecule has 1 saturated heterocycles. The highest BCUT2D eigenvalue weighted by atomic mass is 16.5. The molecule has 5 unspecified atom stereocenters. The van der Waals surface area contributed by atoms with E-state index in [1.165, 1.54) is 0 Å².